The van der Waals surface area contributed by atoms with Crippen LogP contribution in [-0.2, 0) is 28.3 Å². The summed E-state index contributed by atoms with van der Waals surface area (Å²) in [6.07, 6.45) is -9.04. The van der Waals surface area contributed by atoms with Crippen molar-refractivity contribution < 1.29 is 55.2 Å². The zero-order valence-electron chi connectivity index (χ0n) is 27.5. The van der Waals surface area contributed by atoms with E-state index in [1.165, 1.54) is 24.3 Å². The molecule has 12 nitrogen and oxygen atoms in total. The highest BCUT2D eigenvalue weighted by Gasteiger charge is 2.39. The summed E-state index contributed by atoms with van der Waals surface area (Å²) in [6.45, 7) is 1.72. The number of carboxylic acid groups (broad SMARTS) is 1. The highest BCUT2D eigenvalue weighted by Crippen LogP contribution is 2.41. The number of aliphatic carboxylic acids is 1. The zero-order chi connectivity index (χ0) is 37.3. The van der Waals surface area contributed by atoms with E-state index in [1.54, 1.807) is 6.07 Å². The Kier molecular flexibility index (Phi) is 12.5. The molecule has 0 unspecified atom stereocenters. The van der Waals surface area contributed by atoms with E-state index in [0.29, 0.717) is 36.4 Å². The lowest BCUT2D eigenvalue weighted by Gasteiger charge is -2.39. The fourth-order valence-corrected chi connectivity index (χ4v) is 5.41. The zero-order valence-corrected chi connectivity index (χ0v) is 27.5. The van der Waals surface area contributed by atoms with E-state index < -0.39 is 54.0 Å². The van der Waals surface area contributed by atoms with Gasteiger partial charge in [-0.15, -0.1) is 0 Å². The third-order valence-electron chi connectivity index (χ3n) is 7.82. The van der Waals surface area contributed by atoms with Crippen LogP contribution in [0.2, 0.25) is 0 Å². The lowest BCUT2D eigenvalue weighted by atomic mass is 9.93. The molecule has 1 aliphatic heterocycles. The quantitative estimate of drug-likeness (QED) is 0.127. The summed E-state index contributed by atoms with van der Waals surface area (Å²) in [5, 5.41) is 20.9. The number of unbranched alkanes of at least 4 members (excludes halogenated alkanes) is 1. The maximum Gasteiger partial charge on any atom is 0.416 e. The summed E-state index contributed by atoms with van der Waals surface area (Å²) in [7, 11) is 1.39. The molecule has 3 heterocycles. The lowest BCUT2D eigenvalue weighted by molar-refractivity contribution is -0.143. The van der Waals surface area contributed by atoms with Crippen LogP contribution in [0, 0.1) is 11.3 Å². The molecule has 0 saturated heterocycles. The van der Waals surface area contributed by atoms with Crippen molar-refractivity contribution in [3.63, 3.8) is 0 Å². The van der Waals surface area contributed by atoms with Crippen LogP contribution in [0.5, 0.6) is 11.6 Å². The van der Waals surface area contributed by atoms with Gasteiger partial charge in [0.05, 0.1) is 66.8 Å². The number of nitrogens with zero attached hydrogens (tertiary/aromatic N) is 5. The van der Waals surface area contributed by atoms with Crippen molar-refractivity contribution in [1.29, 1.82) is 5.26 Å². The lowest BCUT2D eigenvalue weighted by Crippen LogP contribution is -2.46. The predicted molar refractivity (Wildman–Crippen MR) is 168 cm³/mol. The van der Waals surface area contributed by atoms with Crippen molar-refractivity contribution in [3.05, 3.63) is 64.6 Å². The van der Waals surface area contributed by atoms with Crippen molar-refractivity contribution >= 4 is 23.7 Å². The van der Waals surface area contributed by atoms with E-state index in [-0.39, 0.29) is 73.8 Å². The molecule has 0 fully saturated rings. The Hall–Kier alpha value is -5.34. The summed E-state index contributed by atoms with van der Waals surface area (Å²) < 4.78 is 98.1. The molecule has 1 amide bonds. The molecule has 4 rings (SSSR count). The third-order valence-corrected chi connectivity index (χ3v) is 7.82. The van der Waals surface area contributed by atoms with Crippen LogP contribution in [0.4, 0.5) is 42.8 Å². The Morgan fingerprint density at radius 1 is 1.06 bits per heavy atom. The summed E-state index contributed by atoms with van der Waals surface area (Å²) >= 11 is 0. The number of nitrogens with one attached hydrogen (secondary N) is 1. The number of carboxylic acids is 1. The molecule has 51 heavy (non-hydrogen) atoms. The highest BCUT2D eigenvalue weighted by molar-refractivity contribution is 5.90. The van der Waals surface area contributed by atoms with Crippen LogP contribution in [0.25, 0.3) is 0 Å². The highest BCUT2D eigenvalue weighted by atomic mass is 19.4. The van der Waals surface area contributed by atoms with E-state index in [1.807, 2.05) is 13.0 Å². The summed E-state index contributed by atoms with van der Waals surface area (Å²) in [5.41, 5.74) is -2.63. The number of hydrogen-bond donors (Lipinski definition) is 2. The molecule has 3 aromatic rings. The first-order valence-electron chi connectivity index (χ1n) is 15.8. The first kappa shape index (κ1) is 38.5. The number of ether oxygens (including phenoxy) is 3. The number of rotatable bonds is 14. The molecule has 1 aromatic carbocycles. The first-order valence-corrected chi connectivity index (χ1v) is 15.8. The van der Waals surface area contributed by atoms with Gasteiger partial charge in [-0.1, -0.05) is 6.92 Å². The van der Waals surface area contributed by atoms with Crippen LogP contribution in [0.1, 0.15) is 79.6 Å². The Bertz CT molecular complexity index is 1720. The van der Waals surface area contributed by atoms with Gasteiger partial charge < -0.3 is 24.6 Å². The standard InChI is InChI=1S/C33H34F6N6O6/c1-3-22-17-24(29-25(8-9-27(44-29)49-2)45(22)31(48)51-12-6-7-28(46)47)43-30-41-18-26(50-11-5-4-10-40)23(42-30)15-19-13-20(32(34,35)36)16-21(14-19)33(37,38)39/h8-9,13-14,16,18,22,24H,3-7,11-12,15,17H2,1-2H3,(H,46,47)(H,41,42,43)/t22-,24+/m1/s1. The molecule has 0 saturated carbocycles. The van der Waals surface area contributed by atoms with Gasteiger partial charge in [0.25, 0.3) is 0 Å². The molecule has 2 aromatic heterocycles. The molecule has 2 N–H and O–H groups in total. The second-order valence-corrected chi connectivity index (χ2v) is 11.4. The molecule has 2 atom stereocenters. The summed E-state index contributed by atoms with van der Waals surface area (Å²) in [6, 6.07) is 5.23. The van der Waals surface area contributed by atoms with Crippen molar-refractivity contribution in [3.8, 4) is 17.7 Å². The molecule has 0 spiro atoms. The molecule has 0 bridgehead atoms. The second kappa shape index (κ2) is 16.6. The van der Waals surface area contributed by atoms with Gasteiger partial charge in [-0.05, 0) is 55.5 Å². The molecule has 0 radical (unpaired) electrons. The Morgan fingerprint density at radius 3 is 2.37 bits per heavy atom. The fourth-order valence-electron chi connectivity index (χ4n) is 5.41. The van der Waals surface area contributed by atoms with Gasteiger partial charge in [0.15, 0.2) is 5.75 Å². The Morgan fingerprint density at radius 2 is 1.76 bits per heavy atom. The summed E-state index contributed by atoms with van der Waals surface area (Å²) in [4.78, 5) is 38.8. The minimum absolute atomic E-state index is 0.00319. The minimum Gasteiger partial charge on any atom is -0.490 e. The largest absolute Gasteiger partial charge is 0.490 e. The van der Waals surface area contributed by atoms with Gasteiger partial charge in [0.1, 0.15) is 0 Å². The minimum atomic E-state index is -5.05. The average molecular weight is 725 g/mol. The van der Waals surface area contributed by atoms with E-state index in [2.05, 4.69) is 20.3 Å². The maximum atomic E-state index is 13.6. The van der Waals surface area contributed by atoms with Crippen LogP contribution in [0.3, 0.4) is 0 Å². The monoisotopic (exact) mass is 724 g/mol. The van der Waals surface area contributed by atoms with Gasteiger partial charge in [-0.2, -0.15) is 31.6 Å². The van der Waals surface area contributed by atoms with Crippen molar-refractivity contribution in [2.24, 2.45) is 0 Å². The number of alkyl halides is 6. The number of aromatic nitrogens is 3. The number of nitriles is 1. The molecular formula is C33H34F6N6O6. The molecule has 18 heteroatoms. The number of carbonyl (C=O) groups excluding carboxylic acids is 1. The van der Waals surface area contributed by atoms with E-state index in [4.69, 9.17) is 24.6 Å². The van der Waals surface area contributed by atoms with Crippen LogP contribution < -0.4 is 19.7 Å². The van der Waals surface area contributed by atoms with Crippen molar-refractivity contribution in [2.45, 2.75) is 76.3 Å². The third kappa shape index (κ3) is 10.1. The first-order chi connectivity index (χ1) is 24.1. The number of fused-ring (bicyclic) bond motifs is 1. The predicted octanol–water partition coefficient (Wildman–Crippen LogP) is 7.33. The molecule has 0 aliphatic carbocycles. The Balaban J connectivity index is 1.70. The van der Waals surface area contributed by atoms with Crippen LogP contribution in [-0.4, -0.2) is 58.5 Å². The van der Waals surface area contributed by atoms with E-state index in [9.17, 15) is 35.9 Å². The van der Waals surface area contributed by atoms with Gasteiger partial charge >= 0.3 is 24.4 Å². The number of halogens is 6. The van der Waals surface area contributed by atoms with Gasteiger partial charge in [0, 0.05) is 31.4 Å². The smallest absolute Gasteiger partial charge is 0.416 e. The number of benzene rings is 1. The molecule has 274 valence electrons. The Labute approximate surface area is 288 Å². The van der Waals surface area contributed by atoms with Gasteiger partial charge in [-0.3, -0.25) is 9.69 Å². The number of methoxy groups -OCH3 is 1. The van der Waals surface area contributed by atoms with Gasteiger partial charge in [0.2, 0.25) is 11.8 Å². The topological polar surface area (TPSA) is 160 Å². The van der Waals surface area contributed by atoms with Crippen molar-refractivity contribution in [2.75, 3.05) is 30.5 Å². The molecular weight excluding hydrogens is 690 g/mol. The molecule has 1 aliphatic rings. The van der Waals surface area contributed by atoms with Gasteiger partial charge in [-0.25, -0.2) is 19.7 Å². The number of carbonyl (C=O) groups is 2. The van der Waals surface area contributed by atoms with E-state index in [0.717, 1.165) is 0 Å². The normalized spacial score (nSPS) is 15.8. The van der Waals surface area contributed by atoms with E-state index >= 15 is 0 Å². The maximum absolute atomic E-state index is 13.6. The average Bonchev–Trinajstić information content (AvgIpc) is 3.07. The number of amides is 1. The number of anilines is 2. The SMILES string of the molecule is CC[C@@H]1C[C@H](Nc2ncc(OCCCC#N)c(Cc3cc(C(F)(F)F)cc(C(F)(F)F)c3)n2)c2nc(OC)ccc2N1C(=O)OCCCC(=O)O. The number of hydrogen-bond acceptors (Lipinski definition) is 10. The van der Waals surface area contributed by atoms with Crippen molar-refractivity contribution in [1.82, 2.24) is 15.0 Å². The fraction of sp³-hybridized carbons (Fsp3) is 0.455. The number of pyridine rings is 1. The second-order valence-electron chi connectivity index (χ2n) is 11.4. The van der Waals surface area contributed by atoms with Crippen LogP contribution in [0.15, 0.2) is 36.5 Å². The van der Waals surface area contributed by atoms with Crippen LogP contribution >= 0.6 is 0 Å². The summed E-state index contributed by atoms with van der Waals surface area (Å²) in [5.74, 6) is -0.886.